The van der Waals surface area contributed by atoms with Crippen LogP contribution >= 0.6 is 0 Å². The van der Waals surface area contributed by atoms with E-state index in [1.54, 1.807) is 0 Å². The summed E-state index contributed by atoms with van der Waals surface area (Å²) in [5, 5.41) is 9.12. The SMILES string of the molecule is O=C(CCC1CCNC1)NCc1ccccc1OCC(=O)NCC1CCCO1. The third-order valence-electron chi connectivity index (χ3n) is 5.30. The van der Waals surface area contributed by atoms with Gasteiger partial charge in [-0.3, -0.25) is 9.59 Å². The van der Waals surface area contributed by atoms with Gasteiger partial charge in [-0.1, -0.05) is 18.2 Å². The number of carbonyl (C=O) groups excluding carboxylic acids is 2. The van der Waals surface area contributed by atoms with E-state index in [0.717, 1.165) is 50.9 Å². The molecule has 0 saturated carbocycles. The number of para-hydroxylation sites is 1. The molecule has 7 nitrogen and oxygen atoms in total. The molecule has 1 aromatic rings. The summed E-state index contributed by atoms with van der Waals surface area (Å²) in [6, 6.07) is 7.48. The molecule has 7 heteroatoms. The minimum absolute atomic E-state index is 0.0492. The summed E-state index contributed by atoms with van der Waals surface area (Å²) in [5.74, 6) is 1.11. The molecule has 3 N–H and O–H groups in total. The van der Waals surface area contributed by atoms with Crippen molar-refractivity contribution in [1.82, 2.24) is 16.0 Å². The van der Waals surface area contributed by atoms with Gasteiger partial charge in [-0.05, 0) is 50.8 Å². The molecule has 1 aromatic carbocycles. The predicted molar refractivity (Wildman–Crippen MR) is 106 cm³/mol. The highest BCUT2D eigenvalue weighted by Gasteiger charge is 2.17. The first-order valence-corrected chi connectivity index (χ1v) is 10.3. The second-order valence-corrected chi connectivity index (χ2v) is 7.51. The topological polar surface area (TPSA) is 88.7 Å². The molecule has 2 aliphatic heterocycles. The van der Waals surface area contributed by atoms with Crippen LogP contribution in [0.3, 0.4) is 0 Å². The van der Waals surface area contributed by atoms with Crippen LogP contribution in [0.15, 0.2) is 24.3 Å². The van der Waals surface area contributed by atoms with Gasteiger partial charge in [0, 0.05) is 31.7 Å². The standard InChI is InChI=1S/C21H31N3O4/c25-20(8-7-16-9-10-22-12-16)23-13-17-4-1-2-6-19(17)28-15-21(26)24-14-18-5-3-11-27-18/h1-2,4,6,16,18,22H,3,5,7-15H2,(H,23,25)(H,24,26). The number of benzene rings is 1. The van der Waals surface area contributed by atoms with Gasteiger partial charge in [-0.25, -0.2) is 0 Å². The van der Waals surface area contributed by atoms with Crippen molar-refractivity contribution in [2.24, 2.45) is 5.92 Å². The maximum Gasteiger partial charge on any atom is 0.258 e. The molecular weight excluding hydrogens is 358 g/mol. The first-order chi connectivity index (χ1) is 13.7. The Hall–Kier alpha value is -2.12. The van der Waals surface area contributed by atoms with Crippen molar-refractivity contribution in [2.75, 3.05) is 32.8 Å². The highest BCUT2D eigenvalue weighted by Crippen LogP contribution is 2.18. The second-order valence-electron chi connectivity index (χ2n) is 7.51. The number of hydrogen-bond donors (Lipinski definition) is 3. The van der Waals surface area contributed by atoms with Crippen LogP contribution in [0.25, 0.3) is 0 Å². The van der Waals surface area contributed by atoms with Gasteiger partial charge in [0.1, 0.15) is 5.75 Å². The lowest BCUT2D eigenvalue weighted by molar-refractivity contribution is -0.124. The lowest BCUT2D eigenvalue weighted by Crippen LogP contribution is -2.35. The van der Waals surface area contributed by atoms with E-state index in [1.807, 2.05) is 24.3 Å². The summed E-state index contributed by atoms with van der Waals surface area (Å²) in [6.45, 7) is 3.71. The summed E-state index contributed by atoms with van der Waals surface area (Å²) < 4.78 is 11.2. The molecule has 2 heterocycles. The van der Waals surface area contributed by atoms with E-state index < -0.39 is 0 Å². The summed E-state index contributed by atoms with van der Waals surface area (Å²) in [4.78, 5) is 24.1. The first kappa shape index (κ1) is 20.6. The third kappa shape index (κ3) is 6.80. The Kier molecular flexibility index (Phi) is 8.11. The van der Waals surface area contributed by atoms with Gasteiger partial charge in [0.25, 0.3) is 5.91 Å². The van der Waals surface area contributed by atoms with Crippen molar-refractivity contribution in [3.05, 3.63) is 29.8 Å². The zero-order valence-corrected chi connectivity index (χ0v) is 16.4. The van der Waals surface area contributed by atoms with Crippen molar-refractivity contribution in [1.29, 1.82) is 0 Å². The highest BCUT2D eigenvalue weighted by atomic mass is 16.5. The van der Waals surface area contributed by atoms with Crippen LogP contribution in [0, 0.1) is 5.92 Å². The Bertz CT molecular complexity index is 585. The van der Waals surface area contributed by atoms with Crippen molar-refractivity contribution in [3.63, 3.8) is 0 Å². The molecule has 0 spiro atoms. The molecule has 154 valence electrons. The summed E-state index contributed by atoms with van der Waals surface area (Å²) in [5.41, 5.74) is 0.866. The van der Waals surface area contributed by atoms with Crippen LogP contribution in [0.1, 0.15) is 37.7 Å². The van der Waals surface area contributed by atoms with Crippen LogP contribution < -0.4 is 20.7 Å². The zero-order valence-electron chi connectivity index (χ0n) is 16.4. The monoisotopic (exact) mass is 389 g/mol. The molecule has 2 aliphatic rings. The Balaban J connectivity index is 1.38. The largest absolute Gasteiger partial charge is 0.483 e. The Morgan fingerprint density at radius 1 is 1.18 bits per heavy atom. The van der Waals surface area contributed by atoms with Gasteiger partial charge < -0.3 is 25.4 Å². The molecule has 2 amide bonds. The summed E-state index contributed by atoms with van der Waals surface area (Å²) in [7, 11) is 0. The fourth-order valence-corrected chi connectivity index (χ4v) is 3.60. The summed E-state index contributed by atoms with van der Waals surface area (Å²) >= 11 is 0. The molecule has 2 fully saturated rings. The average molecular weight is 389 g/mol. The highest BCUT2D eigenvalue weighted by molar-refractivity contribution is 5.77. The predicted octanol–water partition coefficient (Wildman–Crippen LogP) is 1.37. The maximum atomic E-state index is 12.1. The van der Waals surface area contributed by atoms with Crippen molar-refractivity contribution in [2.45, 2.75) is 44.8 Å². The van der Waals surface area contributed by atoms with Gasteiger partial charge in [-0.2, -0.15) is 0 Å². The Morgan fingerprint density at radius 2 is 2.07 bits per heavy atom. The van der Waals surface area contributed by atoms with E-state index in [1.165, 1.54) is 0 Å². The van der Waals surface area contributed by atoms with Crippen molar-refractivity contribution >= 4 is 11.8 Å². The molecule has 3 rings (SSSR count). The lowest BCUT2D eigenvalue weighted by Gasteiger charge is -2.14. The van der Waals surface area contributed by atoms with Crippen LogP contribution in [0.4, 0.5) is 0 Å². The molecule has 2 saturated heterocycles. The Morgan fingerprint density at radius 3 is 2.86 bits per heavy atom. The molecule has 0 bridgehead atoms. The second kappa shape index (κ2) is 11.0. The molecular formula is C21H31N3O4. The number of ether oxygens (including phenoxy) is 2. The number of nitrogens with one attached hydrogen (secondary N) is 3. The molecule has 2 atom stereocenters. The number of hydrogen-bond acceptors (Lipinski definition) is 5. The van der Waals surface area contributed by atoms with Gasteiger partial charge in [0.2, 0.25) is 5.91 Å². The van der Waals surface area contributed by atoms with E-state index in [9.17, 15) is 9.59 Å². The molecule has 0 radical (unpaired) electrons. The van der Waals surface area contributed by atoms with Crippen molar-refractivity contribution in [3.8, 4) is 5.75 Å². The Labute approximate surface area is 166 Å². The summed E-state index contributed by atoms with van der Waals surface area (Å²) in [6.07, 6.45) is 4.77. The number of carbonyl (C=O) groups is 2. The van der Waals surface area contributed by atoms with Crippen LogP contribution in [-0.4, -0.2) is 50.8 Å². The van der Waals surface area contributed by atoms with E-state index in [4.69, 9.17) is 9.47 Å². The van der Waals surface area contributed by atoms with E-state index in [-0.39, 0.29) is 24.5 Å². The maximum absolute atomic E-state index is 12.1. The van der Waals surface area contributed by atoms with E-state index in [2.05, 4.69) is 16.0 Å². The van der Waals surface area contributed by atoms with Gasteiger partial charge in [-0.15, -0.1) is 0 Å². The minimum Gasteiger partial charge on any atom is -0.483 e. The number of amides is 2. The molecule has 2 unspecified atom stereocenters. The smallest absolute Gasteiger partial charge is 0.258 e. The molecule has 0 aliphatic carbocycles. The minimum atomic E-state index is -0.167. The van der Waals surface area contributed by atoms with Crippen LogP contribution in [0.5, 0.6) is 5.75 Å². The first-order valence-electron chi connectivity index (χ1n) is 10.3. The van der Waals surface area contributed by atoms with Gasteiger partial charge in [0.05, 0.1) is 6.10 Å². The van der Waals surface area contributed by atoms with E-state index in [0.29, 0.717) is 31.2 Å². The lowest BCUT2D eigenvalue weighted by atomic mass is 10.0. The average Bonchev–Trinajstić information content (AvgIpc) is 3.42. The van der Waals surface area contributed by atoms with Gasteiger partial charge >= 0.3 is 0 Å². The fourth-order valence-electron chi connectivity index (χ4n) is 3.60. The molecule has 0 aromatic heterocycles. The zero-order chi connectivity index (χ0) is 19.6. The molecule has 28 heavy (non-hydrogen) atoms. The quantitative estimate of drug-likeness (QED) is 0.562. The van der Waals surface area contributed by atoms with Gasteiger partial charge in [0.15, 0.2) is 6.61 Å². The number of rotatable bonds is 10. The van der Waals surface area contributed by atoms with Crippen LogP contribution in [-0.2, 0) is 20.9 Å². The van der Waals surface area contributed by atoms with Crippen LogP contribution in [0.2, 0.25) is 0 Å². The third-order valence-corrected chi connectivity index (χ3v) is 5.30. The van der Waals surface area contributed by atoms with Crippen molar-refractivity contribution < 1.29 is 19.1 Å². The fraction of sp³-hybridized carbons (Fsp3) is 0.619. The normalized spacial score (nSPS) is 21.4. The van der Waals surface area contributed by atoms with E-state index >= 15 is 0 Å².